The van der Waals surface area contributed by atoms with Gasteiger partial charge in [0.2, 0.25) is 0 Å². The molecule has 7 nitrogen and oxygen atoms in total. The van der Waals surface area contributed by atoms with Crippen molar-refractivity contribution >= 4 is 34.8 Å². The predicted molar refractivity (Wildman–Crippen MR) is 108 cm³/mol. The number of carboxylic acids is 1. The maximum atomic E-state index is 14.2. The molecule has 0 fully saturated rings. The number of hydrogen-bond donors (Lipinski definition) is 3. The number of carboxylic acid groups (broad SMARTS) is 1. The van der Waals surface area contributed by atoms with E-state index in [-0.39, 0.29) is 17.5 Å². The molecule has 9 heteroatoms. The van der Waals surface area contributed by atoms with E-state index >= 15 is 0 Å². The van der Waals surface area contributed by atoms with Crippen molar-refractivity contribution in [3.63, 3.8) is 0 Å². The van der Waals surface area contributed by atoms with Gasteiger partial charge in [0.25, 0.3) is 5.56 Å². The lowest BCUT2D eigenvalue weighted by molar-refractivity contribution is 0.0697. The molecule has 148 valence electrons. The second-order valence-electron chi connectivity index (χ2n) is 6.58. The predicted octanol–water partition coefficient (Wildman–Crippen LogP) is 3.49. The summed E-state index contributed by atoms with van der Waals surface area (Å²) in [6.45, 7) is 1.01. The Hall–Kier alpha value is -3.39. The lowest BCUT2D eigenvalue weighted by Crippen LogP contribution is -2.23. The standard InChI is InChI=1S/C20H16ClFN4O3/c21-13-1-2-15(22)11(8-13)7-12-9-17(18-24-5-6-26(18)19(12)27)25-16-3-4-23-10-14(16)20(28)29/h1-4,8-10,24H,5-7H2,(H,23,25)(H,28,29). The minimum Gasteiger partial charge on any atom is -0.478 e. The Balaban J connectivity index is 1.79. The van der Waals surface area contributed by atoms with Gasteiger partial charge in [-0.25, -0.2) is 9.18 Å². The SMILES string of the molecule is O=C(O)c1cnccc1Nc1cc(Cc2cc(Cl)ccc2F)c(=O)n2c1NCC2. The molecule has 0 unspecified atom stereocenters. The van der Waals surface area contributed by atoms with Crippen LogP contribution in [-0.2, 0) is 13.0 Å². The van der Waals surface area contributed by atoms with Crippen molar-refractivity contribution in [3.05, 3.63) is 80.6 Å². The molecule has 0 radical (unpaired) electrons. The van der Waals surface area contributed by atoms with E-state index < -0.39 is 11.8 Å². The third kappa shape index (κ3) is 3.66. The summed E-state index contributed by atoms with van der Waals surface area (Å²) < 4.78 is 15.7. The summed E-state index contributed by atoms with van der Waals surface area (Å²) in [5, 5.41) is 16.0. The molecule has 3 N–H and O–H groups in total. The third-order valence-electron chi connectivity index (χ3n) is 4.70. The van der Waals surface area contributed by atoms with E-state index in [4.69, 9.17) is 11.6 Å². The van der Waals surface area contributed by atoms with E-state index in [1.54, 1.807) is 10.6 Å². The molecule has 1 aromatic carbocycles. The van der Waals surface area contributed by atoms with E-state index in [0.29, 0.717) is 46.4 Å². The number of hydrogen-bond acceptors (Lipinski definition) is 5. The number of nitrogens with zero attached hydrogens (tertiary/aromatic N) is 2. The van der Waals surface area contributed by atoms with Crippen LogP contribution in [0.25, 0.3) is 0 Å². The summed E-state index contributed by atoms with van der Waals surface area (Å²) >= 11 is 5.97. The number of fused-ring (bicyclic) bond motifs is 1. The van der Waals surface area contributed by atoms with Crippen LogP contribution < -0.4 is 16.2 Å². The van der Waals surface area contributed by atoms with Crippen molar-refractivity contribution in [2.24, 2.45) is 0 Å². The van der Waals surface area contributed by atoms with E-state index in [1.165, 1.54) is 36.7 Å². The number of nitrogens with one attached hydrogen (secondary N) is 2. The molecule has 2 aromatic heterocycles. The van der Waals surface area contributed by atoms with Gasteiger partial charge in [-0.3, -0.25) is 14.3 Å². The van der Waals surface area contributed by atoms with Crippen LogP contribution in [-0.4, -0.2) is 27.2 Å². The fourth-order valence-corrected chi connectivity index (χ4v) is 3.53. The number of aromatic nitrogens is 2. The monoisotopic (exact) mass is 414 g/mol. The summed E-state index contributed by atoms with van der Waals surface area (Å²) in [6.07, 6.45) is 2.78. The highest BCUT2D eigenvalue weighted by atomic mass is 35.5. The maximum absolute atomic E-state index is 14.2. The van der Waals surface area contributed by atoms with E-state index in [0.717, 1.165) is 0 Å². The number of rotatable bonds is 5. The van der Waals surface area contributed by atoms with E-state index in [9.17, 15) is 19.1 Å². The molecule has 3 heterocycles. The molecule has 0 aliphatic carbocycles. The van der Waals surface area contributed by atoms with Crippen LogP contribution in [0.2, 0.25) is 5.02 Å². The second-order valence-corrected chi connectivity index (χ2v) is 7.02. The van der Waals surface area contributed by atoms with Gasteiger partial charge in [-0.2, -0.15) is 0 Å². The van der Waals surface area contributed by atoms with Crippen molar-refractivity contribution in [2.75, 3.05) is 17.2 Å². The first kappa shape index (κ1) is 18.9. The van der Waals surface area contributed by atoms with Crippen LogP contribution >= 0.6 is 11.6 Å². The van der Waals surface area contributed by atoms with Crippen LogP contribution in [0.15, 0.2) is 47.5 Å². The molecule has 3 aromatic rings. The zero-order valence-electron chi connectivity index (χ0n) is 15.1. The molecule has 0 spiro atoms. The highest BCUT2D eigenvalue weighted by Gasteiger charge is 2.21. The Morgan fingerprint density at radius 2 is 2.10 bits per heavy atom. The average molecular weight is 415 g/mol. The van der Waals surface area contributed by atoms with Gasteiger partial charge in [0, 0.05) is 42.5 Å². The lowest BCUT2D eigenvalue weighted by atomic mass is 10.0. The summed E-state index contributed by atoms with van der Waals surface area (Å²) in [5.41, 5.74) is 1.30. The smallest absolute Gasteiger partial charge is 0.339 e. The fraction of sp³-hybridized carbons (Fsp3) is 0.150. The Bertz CT molecular complexity index is 1180. The summed E-state index contributed by atoms with van der Waals surface area (Å²) in [5.74, 6) is -1.02. The quantitative estimate of drug-likeness (QED) is 0.591. The number of benzene rings is 1. The highest BCUT2D eigenvalue weighted by Crippen LogP contribution is 2.30. The molecule has 0 atom stereocenters. The van der Waals surface area contributed by atoms with Gasteiger partial charge in [-0.05, 0) is 35.9 Å². The first-order valence-electron chi connectivity index (χ1n) is 8.83. The number of halogens is 2. The molecular weight excluding hydrogens is 399 g/mol. The van der Waals surface area contributed by atoms with Gasteiger partial charge < -0.3 is 15.7 Å². The van der Waals surface area contributed by atoms with Gasteiger partial charge in [0.1, 0.15) is 17.2 Å². The van der Waals surface area contributed by atoms with E-state index in [2.05, 4.69) is 15.6 Å². The molecule has 0 bridgehead atoms. The number of aromatic carboxylic acids is 1. The fourth-order valence-electron chi connectivity index (χ4n) is 3.34. The van der Waals surface area contributed by atoms with Crippen LogP contribution in [0.3, 0.4) is 0 Å². The number of pyridine rings is 2. The molecule has 0 saturated heterocycles. The van der Waals surface area contributed by atoms with Gasteiger partial charge in [0.15, 0.2) is 0 Å². The van der Waals surface area contributed by atoms with Crippen LogP contribution in [0.4, 0.5) is 21.6 Å². The zero-order chi connectivity index (χ0) is 20.5. The first-order valence-corrected chi connectivity index (χ1v) is 9.20. The molecule has 0 amide bonds. The van der Waals surface area contributed by atoms with Crippen LogP contribution in [0.1, 0.15) is 21.5 Å². The molecule has 0 saturated carbocycles. The summed E-state index contributed by atoms with van der Waals surface area (Å²) in [6, 6.07) is 7.35. The van der Waals surface area contributed by atoms with E-state index in [1.807, 2.05) is 0 Å². The Morgan fingerprint density at radius 1 is 1.28 bits per heavy atom. The Kier molecular flexibility index (Phi) is 4.94. The van der Waals surface area contributed by atoms with Crippen molar-refractivity contribution in [1.82, 2.24) is 9.55 Å². The van der Waals surface area contributed by atoms with Crippen LogP contribution in [0.5, 0.6) is 0 Å². The van der Waals surface area contributed by atoms with Crippen LogP contribution in [0, 0.1) is 5.82 Å². The summed E-state index contributed by atoms with van der Waals surface area (Å²) in [7, 11) is 0. The minimum atomic E-state index is -1.13. The Labute approximate surface area is 169 Å². The van der Waals surface area contributed by atoms with Crippen molar-refractivity contribution < 1.29 is 14.3 Å². The van der Waals surface area contributed by atoms with Gasteiger partial charge in [-0.15, -0.1) is 0 Å². The van der Waals surface area contributed by atoms with Crippen molar-refractivity contribution in [2.45, 2.75) is 13.0 Å². The Morgan fingerprint density at radius 3 is 2.90 bits per heavy atom. The topological polar surface area (TPSA) is 96.2 Å². The molecule has 4 rings (SSSR count). The number of anilines is 3. The molecular formula is C20H16ClFN4O3. The van der Waals surface area contributed by atoms with Gasteiger partial charge >= 0.3 is 5.97 Å². The zero-order valence-corrected chi connectivity index (χ0v) is 15.8. The lowest BCUT2D eigenvalue weighted by Gasteiger charge is -2.16. The number of carbonyl (C=O) groups is 1. The average Bonchev–Trinajstić information content (AvgIpc) is 3.19. The van der Waals surface area contributed by atoms with Gasteiger partial charge in [0.05, 0.1) is 11.4 Å². The third-order valence-corrected chi connectivity index (χ3v) is 4.94. The molecule has 1 aliphatic rings. The molecule has 1 aliphatic heterocycles. The highest BCUT2D eigenvalue weighted by molar-refractivity contribution is 6.30. The molecule has 29 heavy (non-hydrogen) atoms. The minimum absolute atomic E-state index is 0.00196. The maximum Gasteiger partial charge on any atom is 0.339 e. The van der Waals surface area contributed by atoms with Gasteiger partial charge in [-0.1, -0.05) is 11.6 Å². The normalized spacial score (nSPS) is 12.3. The second kappa shape index (κ2) is 7.56. The summed E-state index contributed by atoms with van der Waals surface area (Å²) in [4.78, 5) is 28.2. The first-order chi connectivity index (χ1) is 13.9. The largest absolute Gasteiger partial charge is 0.478 e. The van der Waals surface area contributed by atoms with Crippen molar-refractivity contribution in [1.29, 1.82) is 0 Å². The van der Waals surface area contributed by atoms with Crippen molar-refractivity contribution in [3.8, 4) is 0 Å².